The summed E-state index contributed by atoms with van der Waals surface area (Å²) in [6, 6.07) is 1.39. The van der Waals surface area contributed by atoms with Crippen LogP contribution >= 0.6 is 0 Å². The molecule has 1 aromatic heterocycles. The van der Waals surface area contributed by atoms with E-state index in [1.54, 1.807) is 0 Å². The van der Waals surface area contributed by atoms with Gasteiger partial charge >= 0.3 is 116 Å². The summed E-state index contributed by atoms with van der Waals surface area (Å²) >= 11 is 0. The summed E-state index contributed by atoms with van der Waals surface area (Å²) in [5.41, 5.74) is 1.91. The zero-order chi connectivity index (χ0) is 9.42. The monoisotopic (exact) mass is 343 g/mol. The van der Waals surface area contributed by atoms with Crippen LogP contribution in [0, 0.1) is 0 Å². The van der Waals surface area contributed by atoms with Gasteiger partial charge in [-0.1, -0.05) is 11.5 Å². The summed E-state index contributed by atoms with van der Waals surface area (Å²) in [6.07, 6.45) is 1.49. The maximum atomic E-state index is 10.9. The van der Waals surface area contributed by atoms with Crippen LogP contribution in [0.4, 0.5) is 5.69 Å². The Morgan fingerprint density at radius 2 is 2.07 bits per heavy atom. The number of pyridine rings is 1. The summed E-state index contributed by atoms with van der Waals surface area (Å²) in [5.74, 6) is 0.426. The largest absolute Gasteiger partial charge is 1.00 e. The Hall–Kier alpha value is 1.77. The van der Waals surface area contributed by atoms with Crippen LogP contribution in [-0.2, 0) is 0 Å². The number of hydrogen-bond donors (Lipinski definition) is 0. The van der Waals surface area contributed by atoms with E-state index < -0.39 is 0 Å². The van der Waals surface area contributed by atoms with E-state index in [9.17, 15) is 4.79 Å². The van der Waals surface area contributed by atoms with Crippen molar-refractivity contribution in [3.63, 3.8) is 0 Å². The Morgan fingerprint density at radius 1 is 1.40 bits per heavy atom. The van der Waals surface area contributed by atoms with Crippen LogP contribution in [0.1, 0.15) is 12.5 Å². The van der Waals surface area contributed by atoms with E-state index in [0.29, 0.717) is 11.5 Å². The SMILES string of the molecule is C=C1N=C(C)c2c[n-]c(=O)cc2[N-]1.[Rb+].[Rb+]. The van der Waals surface area contributed by atoms with Crippen molar-refractivity contribution in [3.05, 3.63) is 45.9 Å². The predicted molar refractivity (Wildman–Crippen MR) is 50.4 cm³/mol. The fourth-order valence-corrected chi connectivity index (χ4v) is 1.22. The molecule has 0 bridgehead atoms. The molecule has 0 amide bonds. The van der Waals surface area contributed by atoms with Crippen molar-refractivity contribution in [2.24, 2.45) is 4.99 Å². The fraction of sp³-hybridized carbons (Fsp3) is 0.111. The third kappa shape index (κ3) is 4.17. The first-order chi connectivity index (χ1) is 6.16. The zero-order valence-corrected chi connectivity index (χ0v) is 18.9. The molecule has 0 saturated carbocycles. The zero-order valence-electron chi connectivity index (χ0n) is 9.11. The minimum Gasteiger partial charge on any atom is -0.629 e. The first-order valence-electron chi connectivity index (χ1n) is 3.80. The second-order valence-corrected chi connectivity index (χ2v) is 2.76. The minimum absolute atomic E-state index is 0. The maximum Gasteiger partial charge on any atom is 1.00 e. The number of rotatable bonds is 0. The van der Waals surface area contributed by atoms with Crippen molar-refractivity contribution in [2.45, 2.75) is 6.92 Å². The third-order valence-electron chi connectivity index (χ3n) is 1.79. The molecule has 0 N–H and O–H groups in total. The molecule has 1 aromatic rings. The molecule has 0 aliphatic carbocycles. The molecule has 6 heteroatoms. The molecule has 1 aliphatic rings. The molecule has 2 heterocycles. The molecule has 4 nitrogen and oxygen atoms in total. The summed E-state index contributed by atoms with van der Waals surface area (Å²) in [7, 11) is 0. The van der Waals surface area contributed by atoms with Crippen molar-refractivity contribution in [3.8, 4) is 0 Å². The van der Waals surface area contributed by atoms with Gasteiger partial charge in [0.2, 0.25) is 0 Å². The van der Waals surface area contributed by atoms with Crippen molar-refractivity contribution >= 4 is 11.4 Å². The van der Waals surface area contributed by atoms with Gasteiger partial charge in [0.25, 0.3) is 0 Å². The standard InChI is InChI=1S/C9H8N3O.2Rb/c1-5-7-4-10-9(13)3-8(7)12-6(2)11-5;;/h3-4H,2H2,1H3,(H-,10,11,12,13);;/q-1;2*+1/p-1. The molecule has 0 radical (unpaired) electrons. The van der Waals surface area contributed by atoms with E-state index in [0.717, 1.165) is 11.3 Å². The summed E-state index contributed by atoms with van der Waals surface area (Å²) < 4.78 is 0. The van der Waals surface area contributed by atoms with Gasteiger partial charge in [-0.05, 0) is 24.2 Å². The van der Waals surface area contributed by atoms with E-state index in [-0.39, 0.29) is 122 Å². The third-order valence-corrected chi connectivity index (χ3v) is 1.79. The van der Waals surface area contributed by atoms with Crippen molar-refractivity contribution in [1.29, 1.82) is 0 Å². The molecule has 0 spiro atoms. The van der Waals surface area contributed by atoms with Gasteiger partial charge in [0, 0.05) is 0 Å². The van der Waals surface area contributed by atoms with E-state index in [2.05, 4.69) is 21.9 Å². The molecule has 0 unspecified atom stereocenters. The minimum atomic E-state index is -0.287. The van der Waals surface area contributed by atoms with Gasteiger partial charge in [-0.25, -0.2) is 0 Å². The van der Waals surface area contributed by atoms with Crippen LogP contribution in [0.15, 0.2) is 34.5 Å². The molecule has 0 atom stereocenters. The number of fused-ring (bicyclic) bond motifs is 1. The second-order valence-electron chi connectivity index (χ2n) is 2.76. The van der Waals surface area contributed by atoms with Crippen LogP contribution in [0.5, 0.6) is 0 Å². The van der Waals surface area contributed by atoms with E-state index in [1.165, 1.54) is 12.3 Å². The molecule has 1 aliphatic heterocycles. The Balaban J connectivity index is 0.000000980. The quantitative estimate of drug-likeness (QED) is 0.475. The van der Waals surface area contributed by atoms with Gasteiger partial charge in [-0.15, -0.1) is 6.58 Å². The number of aromatic nitrogens is 1. The number of nitrogens with zero attached hydrogens (tertiary/aromatic N) is 3. The van der Waals surface area contributed by atoms with Gasteiger partial charge in [0.1, 0.15) is 0 Å². The van der Waals surface area contributed by atoms with E-state index in [4.69, 9.17) is 0 Å². The second kappa shape index (κ2) is 7.26. The van der Waals surface area contributed by atoms with E-state index in [1.807, 2.05) is 6.92 Å². The Morgan fingerprint density at radius 3 is 2.73 bits per heavy atom. The van der Waals surface area contributed by atoms with Crippen LogP contribution in [0.2, 0.25) is 0 Å². The van der Waals surface area contributed by atoms with Gasteiger partial charge in [-0.3, -0.25) is 0 Å². The van der Waals surface area contributed by atoms with Crippen molar-refractivity contribution in [2.75, 3.05) is 0 Å². The van der Waals surface area contributed by atoms with Gasteiger partial charge in [0.05, 0.1) is 5.56 Å². The molecule has 66 valence electrons. The maximum absolute atomic E-state index is 10.9. The average molecular weight is 344 g/mol. The molecule has 0 saturated heterocycles. The van der Waals surface area contributed by atoms with Crippen LogP contribution in [-0.4, -0.2) is 5.71 Å². The number of hydrogen-bond acceptors (Lipinski definition) is 2. The average Bonchev–Trinajstić information content (AvgIpc) is 2.02. The van der Waals surface area contributed by atoms with E-state index >= 15 is 0 Å². The summed E-state index contributed by atoms with van der Waals surface area (Å²) in [5, 5.41) is 4.04. The van der Waals surface area contributed by atoms with Gasteiger partial charge < -0.3 is 20.1 Å². The molecule has 15 heavy (non-hydrogen) atoms. The van der Waals surface area contributed by atoms with Crippen LogP contribution < -0.4 is 127 Å². The van der Waals surface area contributed by atoms with Gasteiger partial charge in [0.15, 0.2) is 0 Å². The normalized spacial score (nSPS) is 12.6. The first-order valence-corrected chi connectivity index (χ1v) is 3.80. The molecule has 0 aromatic carbocycles. The van der Waals surface area contributed by atoms with Gasteiger partial charge in [-0.2, -0.15) is 6.20 Å². The van der Waals surface area contributed by atoms with Crippen molar-refractivity contribution in [1.82, 2.24) is 4.98 Å². The fourth-order valence-electron chi connectivity index (χ4n) is 1.22. The first kappa shape index (κ1) is 16.8. The smallest absolute Gasteiger partial charge is 0.629 e. The Bertz CT molecular complexity index is 465. The van der Waals surface area contributed by atoms with Crippen molar-refractivity contribution < 1.29 is 116 Å². The topological polar surface area (TPSA) is 57.6 Å². The predicted octanol–water partition coefficient (Wildman–Crippen LogP) is -4.69. The Labute approximate surface area is 186 Å². The molecular weight excluding hydrogens is 337 g/mol. The van der Waals surface area contributed by atoms with Crippen LogP contribution in [0.25, 0.3) is 5.32 Å². The number of aliphatic imine (C=N–C) groups is 1. The molecule has 2 rings (SSSR count). The Kier molecular flexibility index (Phi) is 8.12. The molecular formula is C9H7N3ORb2. The molecule has 0 fully saturated rings. The summed E-state index contributed by atoms with van der Waals surface area (Å²) in [6.45, 7) is 5.45. The summed E-state index contributed by atoms with van der Waals surface area (Å²) in [4.78, 5) is 18.6. The van der Waals surface area contributed by atoms with Crippen LogP contribution in [0.3, 0.4) is 0 Å².